The third-order valence-corrected chi connectivity index (χ3v) is 3.09. The van der Waals surface area contributed by atoms with Crippen molar-refractivity contribution in [2.75, 3.05) is 0 Å². The molecule has 6 heteroatoms. The third kappa shape index (κ3) is 1.39. The van der Waals surface area contributed by atoms with Crippen LogP contribution in [0, 0.1) is 0 Å². The molecule has 0 aromatic carbocycles. The zero-order valence-corrected chi connectivity index (χ0v) is 9.05. The SMILES string of the molecule is OCc1ccc2nnc(-c3cccs3)n2n1. The molecule has 3 rings (SSSR count). The molecule has 0 saturated carbocycles. The molecular weight excluding hydrogens is 224 g/mol. The van der Waals surface area contributed by atoms with Crippen LogP contribution in [0.1, 0.15) is 5.69 Å². The van der Waals surface area contributed by atoms with Gasteiger partial charge in [-0.1, -0.05) is 6.07 Å². The fourth-order valence-corrected chi connectivity index (χ4v) is 2.16. The van der Waals surface area contributed by atoms with E-state index in [1.165, 1.54) is 0 Å². The highest BCUT2D eigenvalue weighted by atomic mass is 32.1. The van der Waals surface area contributed by atoms with Crippen LogP contribution in [-0.4, -0.2) is 24.9 Å². The van der Waals surface area contributed by atoms with Crippen LogP contribution in [0.2, 0.25) is 0 Å². The highest BCUT2D eigenvalue weighted by Crippen LogP contribution is 2.22. The standard InChI is InChI=1S/C10H8N4OS/c15-6-7-3-4-9-11-12-10(14(9)13-7)8-2-1-5-16-8/h1-5,15H,6H2. The van der Waals surface area contributed by atoms with Crippen molar-refractivity contribution in [1.82, 2.24) is 19.8 Å². The Morgan fingerprint density at radius 2 is 2.19 bits per heavy atom. The number of thiophene rings is 1. The molecule has 0 aliphatic heterocycles. The van der Waals surface area contributed by atoms with Gasteiger partial charge in [0.25, 0.3) is 0 Å². The number of hydrogen-bond donors (Lipinski definition) is 1. The predicted molar refractivity (Wildman–Crippen MR) is 60.0 cm³/mol. The number of aliphatic hydroxyl groups is 1. The smallest absolute Gasteiger partial charge is 0.195 e. The maximum Gasteiger partial charge on any atom is 0.195 e. The summed E-state index contributed by atoms with van der Waals surface area (Å²) >= 11 is 1.58. The van der Waals surface area contributed by atoms with Crippen LogP contribution in [0.4, 0.5) is 0 Å². The summed E-state index contributed by atoms with van der Waals surface area (Å²) in [7, 11) is 0. The van der Waals surface area contributed by atoms with E-state index in [9.17, 15) is 0 Å². The number of aromatic nitrogens is 4. The van der Waals surface area contributed by atoms with Crippen LogP contribution in [-0.2, 0) is 6.61 Å². The first-order valence-electron chi connectivity index (χ1n) is 4.74. The first kappa shape index (κ1) is 9.44. The maximum absolute atomic E-state index is 9.04. The van der Waals surface area contributed by atoms with E-state index in [2.05, 4.69) is 15.3 Å². The number of hydrogen-bond acceptors (Lipinski definition) is 5. The van der Waals surface area contributed by atoms with Crippen LogP contribution < -0.4 is 0 Å². The van der Waals surface area contributed by atoms with Crippen LogP contribution in [0.5, 0.6) is 0 Å². The summed E-state index contributed by atoms with van der Waals surface area (Å²) in [5.74, 6) is 0.709. The Balaban J connectivity index is 2.25. The molecule has 0 aliphatic carbocycles. The van der Waals surface area contributed by atoms with E-state index >= 15 is 0 Å². The summed E-state index contributed by atoms with van der Waals surface area (Å²) < 4.78 is 1.65. The van der Waals surface area contributed by atoms with E-state index in [0.29, 0.717) is 17.2 Å². The average molecular weight is 232 g/mol. The molecular formula is C10H8N4OS. The van der Waals surface area contributed by atoms with Gasteiger partial charge in [-0.05, 0) is 23.6 Å². The summed E-state index contributed by atoms with van der Waals surface area (Å²) in [5, 5.41) is 23.4. The topological polar surface area (TPSA) is 63.3 Å². The van der Waals surface area contributed by atoms with Gasteiger partial charge in [0, 0.05) is 0 Å². The molecule has 0 aliphatic rings. The van der Waals surface area contributed by atoms with E-state index in [1.807, 2.05) is 17.5 Å². The minimum atomic E-state index is -0.0853. The highest BCUT2D eigenvalue weighted by Gasteiger charge is 2.10. The number of fused-ring (bicyclic) bond motifs is 1. The van der Waals surface area contributed by atoms with E-state index < -0.39 is 0 Å². The van der Waals surface area contributed by atoms with E-state index in [1.54, 1.807) is 28.0 Å². The predicted octanol–water partition coefficient (Wildman–Crippen LogP) is 1.35. The lowest BCUT2D eigenvalue weighted by molar-refractivity contribution is 0.275. The molecule has 0 bridgehead atoms. The van der Waals surface area contributed by atoms with Crippen molar-refractivity contribution in [3.05, 3.63) is 35.3 Å². The van der Waals surface area contributed by atoms with Crippen molar-refractivity contribution in [2.45, 2.75) is 6.61 Å². The van der Waals surface area contributed by atoms with E-state index in [0.717, 1.165) is 4.88 Å². The Kier molecular flexibility index (Phi) is 2.16. The minimum absolute atomic E-state index is 0.0853. The lowest BCUT2D eigenvalue weighted by atomic mass is 10.4. The Morgan fingerprint density at radius 3 is 2.94 bits per heavy atom. The Bertz CT molecular complexity index is 617. The first-order valence-corrected chi connectivity index (χ1v) is 5.62. The summed E-state index contributed by atoms with van der Waals surface area (Å²) in [5.41, 5.74) is 1.28. The van der Waals surface area contributed by atoms with Crippen molar-refractivity contribution in [3.63, 3.8) is 0 Å². The highest BCUT2D eigenvalue weighted by molar-refractivity contribution is 7.13. The first-order chi connectivity index (χ1) is 7.88. The molecule has 0 fully saturated rings. The summed E-state index contributed by atoms with van der Waals surface area (Å²) in [6, 6.07) is 7.45. The number of rotatable bonds is 2. The molecule has 0 atom stereocenters. The number of aliphatic hydroxyl groups excluding tert-OH is 1. The van der Waals surface area contributed by atoms with Gasteiger partial charge < -0.3 is 5.11 Å². The molecule has 3 aromatic heterocycles. The van der Waals surface area contributed by atoms with Crippen molar-refractivity contribution in [2.24, 2.45) is 0 Å². The molecule has 0 radical (unpaired) electrons. The normalized spacial score (nSPS) is 11.1. The summed E-state index contributed by atoms with van der Waals surface area (Å²) in [6.07, 6.45) is 0. The Morgan fingerprint density at radius 1 is 1.25 bits per heavy atom. The minimum Gasteiger partial charge on any atom is -0.390 e. The molecule has 0 saturated heterocycles. The molecule has 0 spiro atoms. The Labute approximate surface area is 95.0 Å². The molecule has 3 aromatic rings. The monoisotopic (exact) mass is 232 g/mol. The molecule has 0 amide bonds. The van der Waals surface area contributed by atoms with Gasteiger partial charge in [-0.3, -0.25) is 0 Å². The van der Waals surface area contributed by atoms with Crippen LogP contribution in [0.3, 0.4) is 0 Å². The van der Waals surface area contributed by atoms with Crippen LogP contribution >= 0.6 is 11.3 Å². The Hall–Kier alpha value is -1.79. The largest absolute Gasteiger partial charge is 0.390 e. The van der Waals surface area contributed by atoms with Gasteiger partial charge in [0.15, 0.2) is 11.5 Å². The van der Waals surface area contributed by atoms with E-state index in [-0.39, 0.29) is 6.61 Å². The summed E-state index contributed by atoms with van der Waals surface area (Å²) in [4.78, 5) is 1.01. The maximum atomic E-state index is 9.04. The fraction of sp³-hybridized carbons (Fsp3) is 0.100. The lowest BCUT2D eigenvalue weighted by Gasteiger charge is -1.98. The van der Waals surface area contributed by atoms with Crippen molar-refractivity contribution in [1.29, 1.82) is 0 Å². The van der Waals surface area contributed by atoms with Crippen LogP contribution in [0.15, 0.2) is 29.6 Å². The van der Waals surface area contributed by atoms with Crippen molar-refractivity contribution >= 4 is 17.0 Å². The van der Waals surface area contributed by atoms with Crippen LogP contribution in [0.25, 0.3) is 16.3 Å². The van der Waals surface area contributed by atoms with E-state index in [4.69, 9.17) is 5.11 Å². The molecule has 16 heavy (non-hydrogen) atoms. The molecule has 80 valence electrons. The van der Waals surface area contributed by atoms with Gasteiger partial charge in [0.2, 0.25) is 0 Å². The molecule has 1 N–H and O–H groups in total. The number of nitrogens with zero attached hydrogens (tertiary/aromatic N) is 4. The zero-order valence-electron chi connectivity index (χ0n) is 8.24. The quantitative estimate of drug-likeness (QED) is 0.724. The van der Waals surface area contributed by atoms with Gasteiger partial charge in [-0.15, -0.1) is 21.5 Å². The van der Waals surface area contributed by atoms with Gasteiger partial charge in [-0.25, -0.2) is 0 Å². The second-order valence-electron chi connectivity index (χ2n) is 3.25. The van der Waals surface area contributed by atoms with Gasteiger partial charge in [0.1, 0.15) is 0 Å². The molecule has 5 nitrogen and oxygen atoms in total. The average Bonchev–Trinajstić information content (AvgIpc) is 2.96. The van der Waals surface area contributed by atoms with Crippen molar-refractivity contribution < 1.29 is 5.11 Å². The lowest BCUT2D eigenvalue weighted by Crippen LogP contribution is -1.98. The zero-order chi connectivity index (χ0) is 11.0. The van der Waals surface area contributed by atoms with Gasteiger partial charge in [-0.2, -0.15) is 9.61 Å². The second-order valence-corrected chi connectivity index (χ2v) is 4.20. The van der Waals surface area contributed by atoms with Gasteiger partial charge >= 0.3 is 0 Å². The summed E-state index contributed by atoms with van der Waals surface area (Å²) in [6.45, 7) is -0.0853. The van der Waals surface area contributed by atoms with Crippen molar-refractivity contribution in [3.8, 4) is 10.7 Å². The second kappa shape index (κ2) is 3.66. The molecule has 3 heterocycles. The molecule has 0 unspecified atom stereocenters. The third-order valence-electron chi connectivity index (χ3n) is 2.22. The fourth-order valence-electron chi connectivity index (χ4n) is 1.47. The van der Waals surface area contributed by atoms with Gasteiger partial charge in [0.05, 0.1) is 17.2 Å².